The molecule has 2 aliphatic heterocycles. The van der Waals surface area contributed by atoms with Crippen molar-refractivity contribution in [2.24, 2.45) is 0 Å². The average Bonchev–Trinajstić information content (AvgIpc) is 2.68. The predicted octanol–water partition coefficient (Wildman–Crippen LogP) is 2.03. The van der Waals surface area contributed by atoms with E-state index in [4.69, 9.17) is 9.47 Å². The third-order valence-corrected chi connectivity index (χ3v) is 7.28. The summed E-state index contributed by atoms with van der Waals surface area (Å²) in [5.74, 6) is 0.0716. The summed E-state index contributed by atoms with van der Waals surface area (Å²) >= 11 is 0. The summed E-state index contributed by atoms with van der Waals surface area (Å²) in [6.07, 6.45) is 2.42. The maximum atomic E-state index is 13.2. The van der Waals surface area contributed by atoms with Crippen LogP contribution < -0.4 is 0 Å². The van der Waals surface area contributed by atoms with Crippen LogP contribution in [0, 0.1) is 6.92 Å². The van der Waals surface area contributed by atoms with Crippen LogP contribution in [0.15, 0.2) is 24.3 Å². The Morgan fingerprint density at radius 2 is 1.67 bits per heavy atom. The van der Waals surface area contributed by atoms with Crippen molar-refractivity contribution in [2.45, 2.75) is 38.0 Å². The van der Waals surface area contributed by atoms with Crippen molar-refractivity contribution in [1.29, 1.82) is 0 Å². The summed E-state index contributed by atoms with van der Waals surface area (Å²) in [4.78, 5) is 2.36. The number of aryl methyl sites for hydroxylation is 1. The fraction of sp³-hybridized carbons (Fsp3) is 0.700. The van der Waals surface area contributed by atoms with E-state index in [2.05, 4.69) is 4.90 Å². The number of morpholine rings is 1. The molecule has 0 aliphatic carbocycles. The van der Waals surface area contributed by atoms with E-state index < -0.39 is 10.0 Å². The average molecular weight is 397 g/mol. The molecule has 0 unspecified atom stereocenters. The van der Waals surface area contributed by atoms with Gasteiger partial charge in [-0.1, -0.05) is 29.8 Å². The second-order valence-electron chi connectivity index (χ2n) is 7.50. The van der Waals surface area contributed by atoms with Crippen molar-refractivity contribution in [2.75, 3.05) is 52.6 Å². The van der Waals surface area contributed by atoms with Crippen LogP contribution in [0.2, 0.25) is 0 Å². The Morgan fingerprint density at radius 1 is 1.04 bits per heavy atom. The predicted molar refractivity (Wildman–Crippen MR) is 106 cm³/mol. The molecule has 7 heteroatoms. The number of benzene rings is 1. The summed E-state index contributed by atoms with van der Waals surface area (Å²) in [7, 11) is -3.36. The SMILES string of the molecule is Cc1ccc(CS(=O)(=O)N(CCCN2CCOCC2)C2CCOCC2)cc1. The van der Waals surface area contributed by atoms with Crippen molar-refractivity contribution < 1.29 is 17.9 Å². The zero-order chi connectivity index (χ0) is 19.1. The van der Waals surface area contributed by atoms with Crippen LogP contribution in [0.1, 0.15) is 30.4 Å². The fourth-order valence-corrected chi connectivity index (χ4v) is 5.63. The van der Waals surface area contributed by atoms with Gasteiger partial charge < -0.3 is 9.47 Å². The highest BCUT2D eigenvalue weighted by atomic mass is 32.2. The van der Waals surface area contributed by atoms with Gasteiger partial charge in [0.05, 0.1) is 19.0 Å². The van der Waals surface area contributed by atoms with Gasteiger partial charge in [-0.2, -0.15) is 4.31 Å². The molecule has 0 spiro atoms. The van der Waals surface area contributed by atoms with Gasteiger partial charge in [0.25, 0.3) is 0 Å². The molecule has 152 valence electrons. The Kier molecular flexibility index (Phi) is 7.66. The molecule has 0 atom stereocenters. The van der Waals surface area contributed by atoms with E-state index in [0.717, 1.165) is 63.2 Å². The molecule has 2 heterocycles. The monoisotopic (exact) mass is 396 g/mol. The van der Waals surface area contributed by atoms with Crippen LogP contribution in [0.4, 0.5) is 0 Å². The van der Waals surface area contributed by atoms with Gasteiger partial charge in [-0.15, -0.1) is 0 Å². The van der Waals surface area contributed by atoms with E-state index >= 15 is 0 Å². The number of hydrogen-bond donors (Lipinski definition) is 0. The highest BCUT2D eigenvalue weighted by molar-refractivity contribution is 7.88. The second kappa shape index (κ2) is 9.98. The van der Waals surface area contributed by atoms with Crippen molar-refractivity contribution >= 4 is 10.0 Å². The van der Waals surface area contributed by atoms with Crippen LogP contribution in [-0.4, -0.2) is 76.3 Å². The quantitative estimate of drug-likeness (QED) is 0.673. The Morgan fingerprint density at radius 3 is 2.33 bits per heavy atom. The van der Waals surface area contributed by atoms with Gasteiger partial charge in [-0.25, -0.2) is 8.42 Å². The van der Waals surface area contributed by atoms with Crippen LogP contribution in [0.5, 0.6) is 0 Å². The highest BCUT2D eigenvalue weighted by Crippen LogP contribution is 2.22. The number of ether oxygens (including phenoxy) is 2. The van der Waals surface area contributed by atoms with E-state index in [-0.39, 0.29) is 11.8 Å². The molecule has 0 bridgehead atoms. The lowest BCUT2D eigenvalue weighted by Gasteiger charge is -2.34. The molecule has 1 aromatic rings. The van der Waals surface area contributed by atoms with E-state index in [1.807, 2.05) is 31.2 Å². The zero-order valence-electron chi connectivity index (χ0n) is 16.3. The van der Waals surface area contributed by atoms with Gasteiger partial charge in [0.1, 0.15) is 0 Å². The first-order chi connectivity index (χ1) is 13.0. The van der Waals surface area contributed by atoms with Crippen LogP contribution >= 0.6 is 0 Å². The molecule has 0 N–H and O–H groups in total. The lowest BCUT2D eigenvalue weighted by atomic mass is 10.1. The molecule has 6 nitrogen and oxygen atoms in total. The number of nitrogens with zero attached hydrogens (tertiary/aromatic N) is 2. The van der Waals surface area contributed by atoms with E-state index in [1.165, 1.54) is 0 Å². The largest absolute Gasteiger partial charge is 0.381 e. The van der Waals surface area contributed by atoms with Crippen molar-refractivity contribution in [3.8, 4) is 0 Å². The van der Waals surface area contributed by atoms with Crippen molar-refractivity contribution in [1.82, 2.24) is 9.21 Å². The van der Waals surface area contributed by atoms with Crippen molar-refractivity contribution in [3.63, 3.8) is 0 Å². The summed E-state index contributed by atoms with van der Waals surface area (Å²) < 4.78 is 39.0. The first kappa shape index (κ1) is 20.7. The Bertz CT molecular complexity index is 666. The standard InChI is InChI=1S/C20H32N2O4S/c1-18-3-5-19(6-4-18)17-27(23,24)22(20-7-13-25-14-8-20)10-2-9-21-11-15-26-16-12-21/h3-6,20H,2,7-17H2,1H3. The Labute approximate surface area is 163 Å². The third-order valence-electron chi connectivity index (χ3n) is 5.38. The number of hydrogen-bond acceptors (Lipinski definition) is 5. The summed E-state index contributed by atoms with van der Waals surface area (Å²) in [6.45, 7) is 8.22. The van der Waals surface area contributed by atoms with Gasteiger partial charge in [-0.05, 0) is 38.3 Å². The molecule has 0 saturated carbocycles. The fourth-order valence-electron chi connectivity index (χ4n) is 3.77. The molecule has 0 amide bonds. The molecule has 3 rings (SSSR count). The molecule has 2 saturated heterocycles. The maximum Gasteiger partial charge on any atom is 0.218 e. The molecule has 1 aromatic carbocycles. The van der Waals surface area contributed by atoms with E-state index in [9.17, 15) is 8.42 Å². The highest BCUT2D eigenvalue weighted by Gasteiger charge is 2.31. The maximum absolute atomic E-state index is 13.2. The van der Waals surface area contributed by atoms with E-state index in [0.29, 0.717) is 19.8 Å². The molecule has 27 heavy (non-hydrogen) atoms. The van der Waals surface area contributed by atoms with Gasteiger partial charge >= 0.3 is 0 Å². The molecule has 2 aliphatic rings. The van der Waals surface area contributed by atoms with E-state index in [1.54, 1.807) is 4.31 Å². The minimum Gasteiger partial charge on any atom is -0.381 e. The third kappa shape index (κ3) is 6.26. The van der Waals surface area contributed by atoms with Crippen LogP contribution in [0.25, 0.3) is 0 Å². The molecular weight excluding hydrogens is 364 g/mol. The van der Waals surface area contributed by atoms with Crippen LogP contribution in [-0.2, 0) is 25.2 Å². The van der Waals surface area contributed by atoms with Crippen LogP contribution in [0.3, 0.4) is 0 Å². The lowest BCUT2D eigenvalue weighted by Crippen LogP contribution is -2.45. The van der Waals surface area contributed by atoms with Crippen molar-refractivity contribution in [3.05, 3.63) is 35.4 Å². The smallest absolute Gasteiger partial charge is 0.218 e. The minimum absolute atomic E-state index is 0.0545. The lowest BCUT2D eigenvalue weighted by molar-refractivity contribution is 0.0344. The minimum atomic E-state index is -3.36. The molecule has 0 aromatic heterocycles. The molecular formula is C20H32N2O4S. The van der Waals surface area contributed by atoms with Gasteiger partial charge in [0, 0.05) is 38.9 Å². The summed E-state index contributed by atoms with van der Waals surface area (Å²) in [5, 5.41) is 0. The number of rotatable bonds is 8. The zero-order valence-corrected chi connectivity index (χ0v) is 17.1. The Balaban J connectivity index is 1.64. The normalized spacial score (nSPS) is 20.2. The van der Waals surface area contributed by atoms with Gasteiger partial charge in [0.15, 0.2) is 0 Å². The van der Waals surface area contributed by atoms with Gasteiger partial charge in [-0.3, -0.25) is 4.90 Å². The number of sulfonamides is 1. The van der Waals surface area contributed by atoms with Gasteiger partial charge in [0.2, 0.25) is 10.0 Å². The topological polar surface area (TPSA) is 59.1 Å². The first-order valence-electron chi connectivity index (χ1n) is 9.97. The second-order valence-corrected chi connectivity index (χ2v) is 9.43. The summed E-state index contributed by atoms with van der Waals surface area (Å²) in [5.41, 5.74) is 1.99. The summed E-state index contributed by atoms with van der Waals surface area (Å²) in [6, 6.07) is 7.84. The first-order valence-corrected chi connectivity index (χ1v) is 11.6. The molecule has 2 fully saturated rings. The molecule has 0 radical (unpaired) electrons. The Hall–Kier alpha value is -0.990.